The molecule has 3 heteroatoms. The zero-order valence-electron chi connectivity index (χ0n) is 11.6. The number of pyridine rings is 1. The van der Waals surface area contributed by atoms with Crippen LogP contribution in [0.1, 0.15) is 0 Å². The first kappa shape index (κ1) is 11.6. The van der Waals surface area contributed by atoms with Gasteiger partial charge in [-0.3, -0.25) is 9.20 Å². The Morgan fingerprint density at radius 2 is 1.41 bits per heavy atom. The summed E-state index contributed by atoms with van der Waals surface area (Å²) < 4.78 is 1.72. The van der Waals surface area contributed by atoms with Gasteiger partial charge in [0.05, 0.1) is 11.0 Å². The fraction of sp³-hybridized carbons (Fsp3) is 0. The van der Waals surface area contributed by atoms with Crippen molar-refractivity contribution in [2.75, 3.05) is 0 Å². The van der Waals surface area contributed by atoms with Gasteiger partial charge in [-0.2, -0.15) is 0 Å². The van der Waals surface area contributed by atoms with Gasteiger partial charge in [0.1, 0.15) is 5.75 Å². The minimum absolute atomic E-state index is 0.0418. The number of hydrogen-bond donors (Lipinski definition) is 1. The molecule has 0 saturated carbocycles. The Labute approximate surface area is 125 Å². The Bertz CT molecular complexity index is 1250. The van der Waals surface area contributed by atoms with E-state index in [0.29, 0.717) is 5.39 Å². The van der Waals surface area contributed by atoms with Crippen LogP contribution in [-0.2, 0) is 0 Å². The largest absolute Gasteiger partial charge is 0.507 e. The number of benzene rings is 3. The van der Waals surface area contributed by atoms with Gasteiger partial charge in [0.25, 0.3) is 5.56 Å². The lowest BCUT2D eigenvalue weighted by Gasteiger charge is -2.05. The SMILES string of the molecule is O=c1c2ccccc2c2cccc3c4c(O)cccc4n1c23. The summed E-state index contributed by atoms with van der Waals surface area (Å²) in [6, 6.07) is 18.9. The molecule has 0 bridgehead atoms. The molecule has 3 nitrogen and oxygen atoms in total. The molecule has 5 rings (SSSR count). The molecule has 0 saturated heterocycles. The first-order chi connectivity index (χ1) is 10.8. The third-order valence-electron chi connectivity index (χ3n) is 4.44. The summed E-state index contributed by atoms with van der Waals surface area (Å²) in [4.78, 5) is 13.0. The molecule has 0 aliphatic carbocycles. The highest BCUT2D eigenvalue weighted by atomic mass is 16.3. The smallest absolute Gasteiger partial charge is 0.263 e. The number of aromatic nitrogens is 1. The van der Waals surface area contributed by atoms with Crippen molar-refractivity contribution in [2.24, 2.45) is 0 Å². The number of aromatic hydroxyl groups is 1. The van der Waals surface area contributed by atoms with Gasteiger partial charge in [-0.25, -0.2) is 0 Å². The van der Waals surface area contributed by atoms with Gasteiger partial charge >= 0.3 is 0 Å². The number of fused-ring (bicyclic) bond motifs is 5. The lowest BCUT2D eigenvalue weighted by molar-refractivity contribution is 0.482. The molecule has 0 spiro atoms. The molecule has 0 fully saturated rings. The molecule has 1 N–H and O–H groups in total. The summed E-state index contributed by atoms with van der Waals surface area (Å²) in [5, 5.41) is 14.6. The van der Waals surface area contributed by atoms with Crippen molar-refractivity contribution >= 4 is 38.0 Å². The van der Waals surface area contributed by atoms with Crippen molar-refractivity contribution in [3.8, 4) is 5.75 Å². The van der Waals surface area contributed by atoms with E-state index in [1.165, 1.54) is 0 Å². The van der Waals surface area contributed by atoms with Gasteiger partial charge in [-0.15, -0.1) is 0 Å². The number of phenols is 1. The highest BCUT2D eigenvalue weighted by molar-refractivity contribution is 6.21. The average Bonchev–Trinajstić information content (AvgIpc) is 2.89. The van der Waals surface area contributed by atoms with Gasteiger partial charge in [-0.05, 0) is 23.6 Å². The second-order valence-electron chi connectivity index (χ2n) is 5.56. The number of nitrogens with zero attached hydrogens (tertiary/aromatic N) is 1. The number of phenolic OH excluding ortho intramolecular Hbond substituents is 1. The Morgan fingerprint density at radius 3 is 2.27 bits per heavy atom. The molecule has 0 unspecified atom stereocenters. The second kappa shape index (κ2) is 3.77. The highest BCUT2D eigenvalue weighted by Gasteiger charge is 2.17. The molecule has 0 atom stereocenters. The maximum absolute atomic E-state index is 13.0. The third-order valence-corrected chi connectivity index (χ3v) is 4.44. The zero-order chi connectivity index (χ0) is 14.8. The predicted octanol–water partition coefficient (Wildman–Crippen LogP) is 3.90. The molecule has 3 aromatic carbocycles. The number of hydrogen-bond acceptors (Lipinski definition) is 2. The van der Waals surface area contributed by atoms with Crippen LogP contribution in [0.2, 0.25) is 0 Å². The lowest BCUT2D eigenvalue weighted by Crippen LogP contribution is -2.12. The van der Waals surface area contributed by atoms with E-state index in [1.807, 2.05) is 48.5 Å². The quantitative estimate of drug-likeness (QED) is 0.438. The molecule has 22 heavy (non-hydrogen) atoms. The monoisotopic (exact) mass is 285 g/mol. The van der Waals surface area contributed by atoms with Crippen molar-refractivity contribution in [2.45, 2.75) is 0 Å². The molecule has 0 amide bonds. The van der Waals surface area contributed by atoms with E-state index in [4.69, 9.17) is 0 Å². The number of para-hydroxylation sites is 1. The van der Waals surface area contributed by atoms with Crippen LogP contribution in [0.4, 0.5) is 0 Å². The van der Waals surface area contributed by atoms with Crippen LogP contribution in [-0.4, -0.2) is 9.51 Å². The van der Waals surface area contributed by atoms with Crippen molar-refractivity contribution in [1.82, 2.24) is 4.40 Å². The minimum Gasteiger partial charge on any atom is -0.507 e. The molecular formula is C19H11NO2. The van der Waals surface area contributed by atoms with Gasteiger partial charge in [0, 0.05) is 21.5 Å². The first-order valence-electron chi connectivity index (χ1n) is 7.16. The standard InChI is InChI=1S/C19H11NO2/c21-16-10-4-9-15-17(16)14-8-3-7-12-11-5-1-2-6-13(11)19(22)20(15)18(12)14/h1-10,21H. The van der Waals surface area contributed by atoms with E-state index < -0.39 is 0 Å². The maximum atomic E-state index is 13.0. The summed E-state index contributed by atoms with van der Waals surface area (Å²) in [6.45, 7) is 0. The molecule has 5 aromatic rings. The van der Waals surface area contributed by atoms with Gasteiger partial charge in [-0.1, -0.05) is 42.5 Å². The Balaban J connectivity index is 2.32. The van der Waals surface area contributed by atoms with E-state index in [1.54, 1.807) is 16.5 Å². The number of rotatable bonds is 0. The summed E-state index contributed by atoms with van der Waals surface area (Å²) in [6.07, 6.45) is 0. The summed E-state index contributed by atoms with van der Waals surface area (Å²) in [5.74, 6) is 0.206. The third kappa shape index (κ3) is 1.20. The highest BCUT2D eigenvalue weighted by Crippen LogP contribution is 2.37. The van der Waals surface area contributed by atoms with E-state index in [9.17, 15) is 9.90 Å². The molecule has 0 aliphatic heterocycles. The van der Waals surface area contributed by atoms with E-state index in [-0.39, 0.29) is 11.3 Å². The first-order valence-corrected chi connectivity index (χ1v) is 7.16. The van der Waals surface area contributed by atoms with Crippen molar-refractivity contribution < 1.29 is 5.11 Å². The average molecular weight is 285 g/mol. The van der Waals surface area contributed by atoms with E-state index in [2.05, 4.69) is 0 Å². The van der Waals surface area contributed by atoms with E-state index >= 15 is 0 Å². The topological polar surface area (TPSA) is 41.7 Å². The fourth-order valence-electron chi connectivity index (χ4n) is 3.55. The van der Waals surface area contributed by atoms with Crippen LogP contribution >= 0.6 is 0 Å². The predicted molar refractivity (Wildman–Crippen MR) is 89.0 cm³/mol. The Morgan fingerprint density at radius 1 is 0.727 bits per heavy atom. The Hall–Kier alpha value is -3.07. The lowest BCUT2D eigenvalue weighted by atomic mass is 10.0. The zero-order valence-corrected chi connectivity index (χ0v) is 11.6. The molecule has 0 radical (unpaired) electrons. The van der Waals surface area contributed by atoms with Crippen LogP contribution in [0.3, 0.4) is 0 Å². The van der Waals surface area contributed by atoms with Crippen LogP contribution < -0.4 is 5.56 Å². The minimum atomic E-state index is -0.0418. The van der Waals surface area contributed by atoms with Gasteiger partial charge < -0.3 is 5.11 Å². The fourth-order valence-corrected chi connectivity index (χ4v) is 3.55. The van der Waals surface area contributed by atoms with Crippen LogP contribution in [0, 0.1) is 0 Å². The summed E-state index contributed by atoms with van der Waals surface area (Å²) in [5.41, 5.74) is 1.59. The van der Waals surface area contributed by atoms with Gasteiger partial charge in [0.2, 0.25) is 0 Å². The molecule has 2 heterocycles. The second-order valence-corrected chi connectivity index (χ2v) is 5.56. The van der Waals surface area contributed by atoms with Crippen molar-refractivity contribution in [1.29, 1.82) is 0 Å². The summed E-state index contributed by atoms with van der Waals surface area (Å²) in [7, 11) is 0. The maximum Gasteiger partial charge on any atom is 0.263 e. The van der Waals surface area contributed by atoms with Crippen LogP contribution in [0.5, 0.6) is 5.75 Å². The molecule has 104 valence electrons. The summed E-state index contributed by atoms with van der Waals surface area (Å²) >= 11 is 0. The van der Waals surface area contributed by atoms with Crippen molar-refractivity contribution in [3.63, 3.8) is 0 Å². The Kier molecular flexibility index (Phi) is 1.98. The molecule has 2 aromatic heterocycles. The van der Waals surface area contributed by atoms with Crippen molar-refractivity contribution in [3.05, 3.63) is 71.0 Å². The molecule has 0 aliphatic rings. The van der Waals surface area contributed by atoms with Crippen LogP contribution in [0.25, 0.3) is 38.0 Å². The van der Waals surface area contributed by atoms with E-state index in [0.717, 1.165) is 32.6 Å². The van der Waals surface area contributed by atoms with Gasteiger partial charge in [0.15, 0.2) is 0 Å². The van der Waals surface area contributed by atoms with Crippen LogP contribution in [0.15, 0.2) is 65.5 Å². The normalized spacial score (nSPS) is 12.0. The molecular weight excluding hydrogens is 274 g/mol.